The molecule has 1 aromatic heterocycles. The highest BCUT2D eigenvalue weighted by Gasteiger charge is 2.12. The van der Waals surface area contributed by atoms with Gasteiger partial charge >= 0.3 is 5.97 Å². The third kappa shape index (κ3) is 2.96. The first-order valence-corrected chi connectivity index (χ1v) is 7.37. The second-order valence-electron chi connectivity index (χ2n) is 4.81. The summed E-state index contributed by atoms with van der Waals surface area (Å²) in [5.41, 5.74) is 1.02. The summed E-state index contributed by atoms with van der Waals surface area (Å²) in [5, 5.41) is 0.918. The van der Waals surface area contributed by atoms with Crippen LogP contribution in [0.4, 0.5) is 0 Å². The van der Waals surface area contributed by atoms with Crippen LogP contribution in [0.2, 0.25) is 10.0 Å². The van der Waals surface area contributed by atoms with Gasteiger partial charge in [0, 0.05) is 17.7 Å². The van der Waals surface area contributed by atoms with Crippen LogP contribution in [0, 0.1) is 0 Å². The summed E-state index contributed by atoms with van der Waals surface area (Å²) in [6, 6.07) is 10.9. The maximum absolute atomic E-state index is 12.3. The minimum atomic E-state index is -0.468. The standard InChI is InChI=1S/C17H10Cl2O4/c1-22-17(21)10-4-2-3-9(5-10)15-8-14(20)11-6-12(18)13(19)7-16(11)23-15/h2-8H,1H3. The molecule has 0 amide bonds. The van der Waals surface area contributed by atoms with Crippen molar-refractivity contribution in [2.75, 3.05) is 7.11 Å². The van der Waals surface area contributed by atoms with Crippen LogP contribution < -0.4 is 5.43 Å². The normalized spacial score (nSPS) is 10.7. The van der Waals surface area contributed by atoms with Crippen LogP contribution in [0.1, 0.15) is 10.4 Å². The van der Waals surface area contributed by atoms with E-state index in [9.17, 15) is 9.59 Å². The van der Waals surface area contributed by atoms with Crippen molar-refractivity contribution in [2.45, 2.75) is 0 Å². The van der Waals surface area contributed by atoms with E-state index in [1.807, 2.05) is 0 Å². The Hall–Kier alpha value is -2.30. The molecule has 23 heavy (non-hydrogen) atoms. The van der Waals surface area contributed by atoms with E-state index in [1.54, 1.807) is 24.3 Å². The number of esters is 1. The molecule has 0 unspecified atom stereocenters. The molecule has 2 aromatic carbocycles. The molecular weight excluding hydrogens is 339 g/mol. The summed E-state index contributed by atoms with van der Waals surface area (Å²) in [6.45, 7) is 0. The zero-order chi connectivity index (χ0) is 16.6. The zero-order valence-electron chi connectivity index (χ0n) is 11.9. The summed E-state index contributed by atoms with van der Waals surface area (Å²) < 4.78 is 10.4. The van der Waals surface area contributed by atoms with Crippen molar-refractivity contribution in [3.05, 3.63) is 68.3 Å². The molecule has 0 spiro atoms. The van der Waals surface area contributed by atoms with Crippen LogP contribution in [0.15, 0.2) is 51.7 Å². The first-order chi connectivity index (χ1) is 11.0. The molecule has 0 bridgehead atoms. The molecule has 4 nitrogen and oxygen atoms in total. The number of methoxy groups -OCH3 is 1. The van der Waals surface area contributed by atoms with Gasteiger partial charge in [0.1, 0.15) is 11.3 Å². The number of fused-ring (bicyclic) bond motifs is 1. The highest BCUT2D eigenvalue weighted by Crippen LogP contribution is 2.29. The molecule has 116 valence electrons. The third-order valence-electron chi connectivity index (χ3n) is 3.34. The average molecular weight is 349 g/mol. The van der Waals surface area contributed by atoms with E-state index in [1.165, 1.54) is 25.3 Å². The van der Waals surface area contributed by atoms with Gasteiger partial charge in [-0.2, -0.15) is 0 Å². The number of hydrogen-bond donors (Lipinski definition) is 0. The van der Waals surface area contributed by atoms with Gasteiger partial charge in [-0.15, -0.1) is 0 Å². The highest BCUT2D eigenvalue weighted by atomic mass is 35.5. The van der Waals surface area contributed by atoms with Crippen molar-refractivity contribution in [2.24, 2.45) is 0 Å². The maximum atomic E-state index is 12.3. The summed E-state index contributed by atoms with van der Waals surface area (Å²) >= 11 is 11.9. The van der Waals surface area contributed by atoms with Crippen molar-refractivity contribution >= 4 is 40.1 Å². The Kier molecular flexibility index (Phi) is 4.11. The molecule has 0 saturated carbocycles. The molecule has 0 radical (unpaired) electrons. The number of halogens is 2. The predicted molar refractivity (Wildman–Crippen MR) is 89.3 cm³/mol. The molecule has 6 heteroatoms. The molecule has 3 rings (SSSR count). The molecule has 0 atom stereocenters. The number of rotatable bonds is 2. The smallest absolute Gasteiger partial charge is 0.337 e. The van der Waals surface area contributed by atoms with Crippen molar-refractivity contribution in [1.82, 2.24) is 0 Å². The Bertz CT molecular complexity index is 976. The van der Waals surface area contributed by atoms with Crippen LogP contribution in [0.3, 0.4) is 0 Å². The van der Waals surface area contributed by atoms with Gasteiger partial charge in [0.2, 0.25) is 0 Å². The van der Waals surface area contributed by atoms with E-state index in [0.29, 0.717) is 32.9 Å². The van der Waals surface area contributed by atoms with Crippen LogP contribution >= 0.6 is 23.2 Å². The second-order valence-corrected chi connectivity index (χ2v) is 5.62. The lowest BCUT2D eigenvalue weighted by atomic mass is 10.1. The van der Waals surface area contributed by atoms with E-state index in [4.69, 9.17) is 27.6 Å². The van der Waals surface area contributed by atoms with Crippen molar-refractivity contribution in [1.29, 1.82) is 0 Å². The summed E-state index contributed by atoms with van der Waals surface area (Å²) in [5.74, 6) is -0.142. The maximum Gasteiger partial charge on any atom is 0.337 e. The van der Waals surface area contributed by atoms with Gasteiger partial charge in [0.15, 0.2) is 5.43 Å². The van der Waals surface area contributed by atoms with E-state index < -0.39 is 5.97 Å². The highest BCUT2D eigenvalue weighted by molar-refractivity contribution is 6.42. The lowest BCUT2D eigenvalue weighted by molar-refractivity contribution is 0.0601. The Morgan fingerprint density at radius 3 is 2.57 bits per heavy atom. The number of benzene rings is 2. The molecule has 0 saturated heterocycles. The fourth-order valence-electron chi connectivity index (χ4n) is 2.21. The average Bonchev–Trinajstić information content (AvgIpc) is 2.56. The molecule has 0 aliphatic heterocycles. The molecule has 0 N–H and O–H groups in total. The largest absolute Gasteiger partial charge is 0.465 e. The van der Waals surface area contributed by atoms with E-state index in [-0.39, 0.29) is 10.5 Å². The molecule has 0 fully saturated rings. The molecule has 0 aliphatic carbocycles. The number of hydrogen-bond acceptors (Lipinski definition) is 4. The number of carbonyl (C=O) groups excluding carboxylic acids is 1. The Balaban J connectivity index is 2.19. The van der Waals surface area contributed by atoms with Crippen molar-refractivity contribution in [3.8, 4) is 11.3 Å². The minimum Gasteiger partial charge on any atom is -0.465 e. The van der Waals surface area contributed by atoms with E-state index in [2.05, 4.69) is 4.74 Å². The van der Waals surface area contributed by atoms with Gasteiger partial charge in [-0.05, 0) is 18.2 Å². The van der Waals surface area contributed by atoms with Crippen LogP contribution in [-0.2, 0) is 4.74 Å². The first-order valence-electron chi connectivity index (χ1n) is 6.61. The van der Waals surface area contributed by atoms with Crippen molar-refractivity contribution in [3.63, 3.8) is 0 Å². The molecular formula is C17H10Cl2O4. The van der Waals surface area contributed by atoms with Crippen LogP contribution in [0.5, 0.6) is 0 Å². The summed E-state index contributed by atoms with van der Waals surface area (Å²) in [7, 11) is 1.30. The van der Waals surface area contributed by atoms with E-state index >= 15 is 0 Å². The second kappa shape index (κ2) is 6.07. The fraction of sp³-hybridized carbons (Fsp3) is 0.0588. The van der Waals surface area contributed by atoms with Gasteiger partial charge in [0.25, 0.3) is 0 Å². The monoisotopic (exact) mass is 348 g/mol. The Morgan fingerprint density at radius 2 is 1.83 bits per heavy atom. The predicted octanol–water partition coefficient (Wildman–Crippen LogP) is 4.55. The molecule has 3 aromatic rings. The van der Waals surface area contributed by atoms with Crippen LogP contribution in [0.25, 0.3) is 22.3 Å². The molecule has 0 aliphatic rings. The van der Waals surface area contributed by atoms with Gasteiger partial charge in [-0.1, -0.05) is 35.3 Å². The quantitative estimate of drug-likeness (QED) is 0.637. The van der Waals surface area contributed by atoms with Crippen LogP contribution in [-0.4, -0.2) is 13.1 Å². The molecule has 1 heterocycles. The van der Waals surface area contributed by atoms with Crippen molar-refractivity contribution < 1.29 is 13.9 Å². The topological polar surface area (TPSA) is 56.5 Å². The Morgan fingerprint density at radius 1 is 1.09 bits per heavy atom. The fourth-order valence-corrected chi connectivity index (χ4v) is 2.53. The SMILES string of the molecule is COC(=O)c1cccc(-c2cc(=O)c3cc(Cl)c(Cl)cc3o2)c1. The van der Waals surface area contributed by atoms with E-state index in [0.717, 1.165) is 0 Å². The number of ether oxygens (including phenoxy) is 1. The Labute approximate surface area is 141 Å². The number of carbonyl (C=O) groups is 1. The summed E-state index contributed by atoms with van der Waals surface area (Å²) in [6.07, 6.45) is 0. The third-order valence-corrected chi connectivity index (χ3v) is 4.06. The van der Waals surface area contributed by atoms with Gasteiger partial charge in [-0.3, -0.25) is 4.79 Å². The van der Waals surface area contributed by atoms with Gasteiger partial charge < -0.3 is 9.15 Å². The first kappa shape index (κ1) is 15.6. The van der Waals surface area contributed by atoms with Gasteiger partial charge in [-0.25, -0.2) is 4.79 Å². The minimum absolute atomic E-state index is 0.247. The lowest BCUT2D eigenvalue weighted by Gasteiger charge is -2.06. The lowest BCUT2D eigenvalue weighted by Crippen LogP contribution is -2.02. The summed E-state index contributed by atoms with van der Waals surface area (Å²) in [4.78, 5) is 23.9. The zero-order valence-corrected chi connectivity index (χ0v) is 13.4. The van der Waals surface area contributed by atoms with Gasteiger partial charge in [0.05, 0.1) is 28.1 Å².